The smallest absolute Gasteiger partial charge is 0.257 e. The molecular weight excluding hydrogens is 322 g/mol. The number of likely N-dealkylation sites (tertiary alicyclic amines) is 1. The molecule has 1 aromatic heterocycles. The van der Waals surface area contributed by atoms with Crippen LogP contribution in [0.4, 0.5) is 0 Å². The highest BCUT2D eigenvalue weighted by Crippen LogP contribution is 2.26. The number of amides is 1. The Morgan fingerprint density at radius 1 is 1.15 bits per heavy atom. The van der Waals surface area contributed by atoms with Crippen molar-refractivity contribution in [1.29, 1.82) is 0 Å². The lowest BCUT2D eigenvalue weighted by Crippen LogP contribution is -2.36. The first-order chi connectivity index (χ1) is 12.5. The van der Waals surface area contributed by atoms with Gasteiger partial charge in [0.2, 0.25) is 0 Å². The van der Waals surface area contributed by atoms with Crippen molar-refractivity contribution < 1.29 is 4.79 Å². The zero-order valence-electron chi connectivity index (χ0n) is 16.6. The molecule has 2 heterocycles. The fourth-order valence-electron chi connectivity index (χ4n) is 3.86. The van der Waals surface area contributed by atoms with Crippen LogP contribution < -0.4 is 0 Å². The van der Waals surface area contributed by atoms with Gasteiger partial charge in [-0.25, -0.2) is 4.68 Å². The molecule has 26 heavy (non-hydrogen) atoms. The van der Waals surface area contributed by atoms with Crippen molar-refractivity contribution in [2.45, 2.75) is 59.8 Å². The van der Waals surface area contributed by atoms with Crippen LogP contribution in [0.5, 0.6) is 0 Å². The lowest BCUT2D eigenvalue weighted by Gasteiger charge is -2.27. The minimum Gasteiger partial charge on any atom is -0.339 e. The van der Waals surface area contributed by atoms with Crippen molar-refractivity contribution in [3.05, 3.63) is 46.8 Å². The number of hydrogen-bond acceptors (Lipinski definition) is 2. The van der Waals surface area contributed by atoms with Crippen molar-refractivity contribution in [1.82, 2.24) is 14.7 Å². The summed E-state index contributed by atoms with van der Waals surface area (Å²) in [6.07, 6.45) is 5.08. The van der Waals surface area contributed by atoms with Crippen LogP contribution >= 0.6 is 0 Å². The van der Waals surface area contributed by atoms with Crippen LogP contribution in [0.3, 0.4) is 0 Å². The van der Waals surface area contributed by atoms with Gasteiger partial charge in [0.1, 0.15) is 0 Å². The second-order valence-corrected chi connectivity index (χ2v) is 7.77. The van der Waals surface area contributed by atoms with E-state index >= 15 is 0 Å². The number of hydrogen-bond donors (Lipinski definition) is 0. The Kier molecular flexibility index (Phi) is 5.80. The van der Waals surface area contributed by atoms with Crippen LogP contribution in [0.25, 0.3) is 5.69 Å². The fourth-order valence-corrected chi connectivity index (χ4v) is 3.86. The van der Waals surface area contributed by atoms with Gasteiger partial charge in [-0.2, -0.15) is 5.10 Å². The van der Waals surface area contributed by atoms with E-state index in [1.54, 1.807) is 0 Å². The topological polar surface area (TPSA) is 38.1 Å². The third-order valence-electron chi connectivity index (χ3n) is 5.19. The van der Waals surface area contributed by atoms with E-state index in [9.17, 15) is 4.79 Å². The van der Waals surface area contributed by atoms with E-state index in [0.29, 0.717) is 5.92 Å². The SMILES string of the molecule is CCc1c(C(=O)N2CCCCC2)c(CC(C)C)nn1-c1ccccc1C. The zero-order chi connectivity index (χ0) is 18.7. The molecule has 0 saturated carbocycles. The molecule has 0 unspecified atom stereocenters. The van der Waals surface area contributed by atoms with Crippen LogP contribution in [0.2, 0.25) is 0 Å². The summed E-state index contributed by atoms with van der Waals surface area (Å²) in [5.41, 5.74) is 5.11. The summed E-state index contributed by atoms with van der Waals surface area (Å²) < 4.78 is 2.02. The maximum absolute atomic E-state index is 13.4. The monoisotopic (exact) mass is 353 g/mol. The van der Waals surface area contributed by atoms with Crippen molar-refractivity contribution in [2.75, 3.05) is 13.1 Å². The molecule has 1 aliphatic heterocycles. The molecule has 4 nitrogen and oxygen atoms in total. The van der Waals surface area contributed by atoms with E-state index in [1.165, 1.54) is 12.0 Å². The molecule has 0 spiro atoms. The van der Waals surface area contributed by atoms with Crippen LogP contribution in [-0.2, 0) is 12.8 Å². The Labute approximate surface area is 157 Å². The number of para-hydroxylation sites is 1. The van der Waals surface area contributed by atoms with Gasteiger partial charge in [-0.15, -0.1) is 0 Å². The molecular formula is C22H31N3O. The van der Waals surface area contributed by atoms with Crippen molar-refractivity contribution in [2.24, 2.45) is 5.92 Å². The Hall–Kier alpha value is -2.10. The second-order valence-electron chi connectivity index (χ2n) is 7.77. The zero-order valence-corrected chi connectivity index (χ0v) is 16.6. The second kappa shape index (κ2) is 8.07. The van der Waals surface area contributed by atoms with Gasteiger partial charge in [0.25, 0.3) is 5.91 Å². The van der Waals surface area contributed by atoms with Crippen molar-refractivity contribution in [3.8, 4) is 5.69 Å². The minimum atomic E-state index is 0.178. The van der Waals surface area contributed by atoms with Gasteiger partial charge in [-0.3, -0.25) is 4.79 Å². The first kappa shape index (κ1) is 18.7. The first-order valence-corrected chi connectivity index (χ1v) is 9.99. The molecule has 1 aromatic carbocycles. The van der Waals surface area contributed by atoms with E-state index < -0.39 is 0 Å². The van der Waals surface area contributed by atoms with Gasteiger partial charge in [-0.1, -0.05) is 39.0 Å². The minimum absolute atomic E-state index is 0.178. The quantitative estimate of drug-likeness (QED) is 0.790. The van der Waals surface area contributed by atoms with E-state index in [-0.39, 0.29) is 5.91 Å². The van der Waals surface area contributed by atoms with Crippen LogP contribution in [-0.4, -0.2) is 33.7 Å². The van der Waals surface area contributed by atoms with E-state index in [4.69, 9.17) is 5.10 Å². The van der Waals surface area contributed by atoms with Crippen LogP contribution in [0.1, 0.15) is 67.3 Å². The maximum Gasteiger partial charge on any atom is 0.257 e. The first-order valence-electron chi connectivity index (χ1n) is 9.99. The predicted molar refractivity (Wildman–Crippen MR) is 106 cm³/mol. The van der Waals surface area contributed by atoms with Crippen molar-refractivity contribution >= 4 is 5.91 Å². The highest BCUT2D eigenvalue weighted by molar-refractivity contribution is 5.96. The average molecular weight is 354 g/mol. The predicted octanol–water partition coefficient (Wildman–Crippen LogP) is 4.57. The number of carbonyl (C=O) groups excluding carboxylic acids is 1. The molecule has 1 fully saturated rings. The summed E-state index contributed by atoms with van der Waals surface area (Å²) in [6.45, 7) is 10.3. The lowest BCUT2D eigenvalue weighted by atomic mass is 10.0. The van der Waals surface area contributed by atoms with E-state index in [0.717, 1.165) is 61.4 Å². The van der Waals surface area contributed by atoms with Crippen molar-refractivity contribution in [3.63, 3.8) is 0 Å². The summed E-state index contributed by atoms with van der Waals surface area (Å²) in [6, 6.07) is 8.28. The Morgan fingerprint density at radius 3 is 2.46 bits per heavy atom. The number of piperidine rings is 1. The Balaban J connectivity index is 2.11. The van der Waals surface area contributed by atoms with Gasteiger partial charge >= 0.3 is 0 Å². The molecule has 2 aromatic rings. The molecule has 1 saturated heterocycles. The summed E-state index contributed by atoms with van der Waals surface area (Å²) in [5.74, 6) is 0.643. The van der Waals surface area contributed by atoms with Gasteiger partial charge in [0.15, 0.2) is 0 Å². The fraction of sp³-hybridized carbons (Fsp3) is 0.545. The third kappa shape index (κ3) is 3.69. The van der Waals surface area contributed by atoms with Gasteiger partial charge < -0.3 is 4.90 Å². The van der Waals surface area contributed by atoms with Crippen LogP contribution in [0.15, 0.2) is 24.3 Å². The molecule has 0 bridgehead atoms. The number of carbonyl (C=O) groups is 1. The summed E-state index contributed by atoms with van der Waals surface area (Å²) in [5, 5.41) is 4.94. The summed E-state index contributed by atoms with van der Waals surface area (Å²) in [7, 11) is 0. The summed E-state index contributed by atoms with van der Waals surface area (Å²) >= 11 is 0. The number of rotatable bonds is 5. The highest BCUT2D eigenvalue weighted by Gasteiger charge is 2.28. The van der Waals surface area contributed by atoms with E-state index in [2.05, 4.69) is 39.8 Å². The normalized spacial score (nSPS) is 14.9. The number of aryl methyl sites for hydroxylation is 1. The largest absolute Gasteiger partial charge is 0.339 e. The molecule has 1 amide bonds. The van der Waals surface area contributed by atoms with E-state index in [1.807, 2.05) is 21.7 Å². The molecule has 0 radical (unpaired) electrons. The maximum atomic E-state index is 13.4. The van der Waals surface area contributed by atoms with Crippen LogP contribution in [0, 0.1) is 12.8 Å². The molecule has 140 valence electrons. The Morgan fingerprint density at radius 2 is 1.85 bits per heavy atom. The molecule has 3 rings (SSSR count). The number of nitrogens with zero attached hydrogens (tertiary/aromatic N) is 3. The average Bonchev–Trinajstić information content (AvgIpc) is 2.99. The summed E-state index contributed by atoms with van der Waals surface area (Å²) in [4.78, 5) is 15.4. The van der Waals surface area contributed by atoms with Gasteiger partial charge in [-0.05, 0) is 56.6 Å². The molecule has 0 aliphatic carbocycles. The number of benzene rings is 1. The Bertz CT molecular complexity index is 770. The molecule has 0 N–H and O–H groups in total. The highest BCUT2D eigenvalue weighted by atomic mass is 16.2. The lowest BCUT2D eigenvalue weighted by molar-refractivity contribution is 0.0722. The van der Waals surface area contributed by atoms with Gasteiger partial charge in [0.05, 0.1) is 22.6 Å². The molecule has 4 heteroatoms. The number of aromatic nitrogens is 2. The van der Waals surface area contributed by atoms with Gasteiger partial charge in [0, 0.05) is 13.1 Å². The standard InChI is InChI=1S/C22H31N3O/c1-5-19-21(22(26)24-13-9-6-10-14-24)18(15-16(2)3)23-25(19)20-12-8-7-11-17(20)4/h7-8,11-12,16H,5-6,9-10,13-15H2,1-4H3. The third-order valence-corrected chi connectivity index (χ3v) is 5.19. The molecule has 0 atom stereocenters. The molecule has 1 aliphatic rings.